The Morgan fingerprint density at radius 3 is 1.91 bits per heavy atom. The average Bonchev–Trinajstić information content (AvgIpc) is 2.95. The minimum absolute atomic E-state index is 0. The molecule has 0 heterocycles. The van der Waals surface area contributed by atoms with Crippen molar-refractivity contribution >= 4 is 38.6 Å². The fourth-order valence-electron chi connectivity index (χ4n) is 4.22. The van der Waals surface area contributed by atoms with Crippen molar-refractivity contribution in [2.24, 2.45) is 17.8 Å². The molecule has 236 valence electrons. The van der Waals surface area contributed by atoms with Gasteiger partial charge in [0.15, 0.2) is 0 Å². The van der Waals surface area contributed by atoms with Crippen LogP contribution >= 0.6 is 0 Å². The summed E-state index contributed by atoms with van der Waals surface area (Å²) in [5.41, 5.74) is 4.19. The third kappa shape index (κ3) is 17.5. The molecular weight excluding hydrogens is 593 g/mol. The maximum absolute atomic E-state index is 12.3. The van der Waals surface area contributed by atoms with Crippen molar-refractivity contribution in [3.63, 3.8) is 0 Å². The van der Waals surface area contributed by atoms with Crippen molar-refractivity contribution in [3.8, 4) is 0 Å². The molecule has 2 atom stereocenters. The van der Waals surface area contributed by atoms with E-state index in [1.807, 2.05) is 32.0 Å². The Morgan fingerprint density at radius 2 is 1.41 bits per heavy atom. The van der Waals surface area contributed by atoms with Gasteiger partial charge in [0.05, 0.1) is 28.3 Å². The summed E-state index contributed by atoms with van der Waals surface area (Å²) >= 11 is 0. The minimum Gasteiger partial charge on any atom is -0.748 e. The second-order valence-electron chi connectivity index (χ2n) is 10.6. The number of hydrogen-bond donors (Lipinski definition) is 4. The van der Waals surface area contributed by atoms with Crippen molar-refractivity contribution in [3.05, 3.63) is 83.9 Å². The molecule has 3 rings (SSSR count). The molecule has 0 aliphatic rings. The quantitative estimate of drug-likeness (QED) is 0.106. The van der Waals surface area contributed by atoms with E-state index in [9.17, 15) is 27.4 Å². The maximum Gasteiger partial charge on any atom is 1.00 e. The molecule has 10 nitrogen and oxygen atoms in total. The van der Waals surface area contributed by atoms with E-state index in [4.69, 9.17) is 5.21 Å². The minimum atomic E-state index is -4.43. The molecule has 0 radical (unpaired) electrons. The number of amides is 3. The zero-order chi connectivity index (χ0) is 32.4. The smallest absolute Gasteiger partial charge is 0.748 e. The standard InChI is InChI=1S/C14H27N3O7S.C11H10.C7H8.Na/c1-4-10(14(20)17-21)11(7-9(2)3)13(19)16-8-12(18)15-5-6-25(22,23)24;1-9-6-7-10-4-2-3-5-11(10)8-9;1-7-5-3-2-4-6-7;/h9-11,21H,4-8H2,1-3H3,(H,15,18)(H,16,19)(H,17,20)(H,22,23,24);2-8H,1H3;2-6H,1H3;/q;;;+1/p-1. The van der Waals surface area contributed by atoms with Crippen molar-refractivity contribution in [1.29, 1.82) is 0 Å². The Labute approximate surface area is 283 Å². The van der Waals surface area contributed by atoms with Crippen LogP contribution in [0.2, 0.25) is 0 Å². The summed E-state index contributed by atoms with van der Waals surface area (Å²) in [6.45, 7) is 8.90. The number of carbonyl (C=O) groups is 3. The first-order valence-corrected chi connectivity index (χ1v) is 15.7. The van der Waals surface area contributed by atoms with Crippen molar-refractivity contribution in [2.45, 2.75) is 47.5 Å². The molecule has 0 aliphatic carbocycles. The summed E-state index contributed by atoms with van der Waals surface area (Å²) in [6, 6.07) is 25.2. The van der Waals surface area contributed by atoms with E-state index in [1.54, 1.807) is 12.4 Å². The number of hydroxylamine groups is 1. The molecule has 12 heteroatoms. The molecule has 0 bridgehead atoms. The van der Waals surface area contributed by atoms with Crippen LogP contribution in [-0.4, -0.2) is 54.7 Å². The molecule has 0 saturated heterocycles. The first-order chi connectivity index (χ1) is 20.3. The van der Waals surface area contributed by atoms with Crippen LogP contribution in [0.4, 0.5) is 0 Å². The van der Waals surface area contributed by atoms with E-state index < -0.39 is 52.0 Å². The first-order valence-electron chi connectivity index (χ1n) is 14.2. The first kappa shape index (κ1) is 41.2. The van der Waals surface area contributed by atoms with Gasteiger partial charge in [0.2, 0.25) is 17.7 Å². The normalized spacial score (nSPS) is 11.8. The Kier molecular flexibility index (Phi) is 20.4. The number of nitrogens with one attached hydrogen (secondary N) is 3. The third-order valence-electron chi connectivity index (χ3n) is 6.38. The fourth-order valence-corrected chi connectivity index (χ4v) is 4.57. The van der Waals surface area contributed by atoms with Gasteiger partial charge in [0.1, 0.15) is 0 Å². The van der Waals surface area contributed by atoms with Crippen LogP contribution in [0, 0.1) is 31.6 Å². The molecule has 0 aromatic heterocycles. The summed E-state index contributed by atoms with van der Waals surface area (Å²) in [4.78, 5) is 35.6. The molecule has 0 saturated carbocycles. The Hall–Kier alpha value is -2.80. The van der Waals surface area contributed by atoms with Crippen molar-refractivity contribution in [1.82, 2.24) is 16.1 Å². The van der Waals surface area contributed by atoms with Crippen LogP contribution in [0.3, 0.4) is 0 Å². The van der Waals surface area contributed by atoms with Gasteiger partial charge in [0, 0.05) is 12.5 Å². The molecule has 3 amide bonds. The Balaban J connectivity index is 0.000000781. The van der Waals surface area contributed by atoms with E-state index in [-0.39, 0.29) is 42.0 Å². The number of carbonyl (C=O) groups excluding carboxylic acids is 3. The number of rotatable bonds is 11. The number of benzene rings is 3. The van der Waals surface area contributed by atoms with E-state index in [0.29, 0.717) is 12.8 Å². The zero-order valence-electron chi connectivity index (χ0n) is 26.5. The Bertz CT molecular complexity index is 1400. The summed E-state index contributed by atoms with van der Waals surface area (Å²) < 4.78 is 31.3. The predicted molar refractivity (Wildman–Crippen MR) is 167 cm³/mol. The SMILES string of the molecule is CCC(C(=O)NO)C(CC(C)C)C(=O)NCC(=O)NCCS(=O)(=O)[O-].Cc1ccc2ccccc2c1.Cc1ccccc1.[Na+]. The molecule has 4 N–H and O–H groups in total. The van der Waals surface area contributed by atoms with Gasteiger partial charge in [-0.05, 0) is 43.4 Å². The molecule has 3 aromatic rings. The van der Waals surface area contributed by atoms with Gasteiger partial charge in [-0.1, -0.05) is 105 Å². The maximum atomic E-state index is 12.3. The number of aryl methyl sites for hydroxylation is 2. The van der Waals surface area contributed by atoms with Gasteiger partial charge in [-0.25, -0.2) is 13.9 Å². The van der Waals surface area contributed by atoms with Crippen molar-refractivity contribution in [2.75, 3.05) is 18.8 Å². The van der Waals surface area contributed by atoms with Crippen LogP contribution in [0.25, 0.3) is 10.8 Å². The fraction of sp³-hybridized carbons (Fsp3) is 0.406. The molecule has 2 unspecified atom stereocenters. The van der Waals surface area contributed by atoms with Gasteiger partial charge < -0.3 is 15.2 Å². The van der Waals surface area contributed by atoms with Gasteiger partial charge >= 0.3 is 29.6 Å². The summed E-state index contributed by atoms with van der Waals surface area (Å²) in [5.74, 6) is -3.96. The second-order valence-corrected chi connectivity index (χ2v) is 12.1. The molecule has 3 aromatic carbocycles. The van der Waals surface area contributed by atoms with Crippen LogP contribution < -0.4 is 45.7 Å². The monoisotopic (exact) mass is 637 g/mol. The predicted octanol–water partition coefficient (Wildman–Crippen LogP) is 1.11. The van der Waals surface area contributed by atoms with E-state index >= 15 is 0 Å². The second kappa shape index (κ2) is 21.8. The van der Waals surface area contributed by atoms with Crippen LogP contribution in [-0.2, 0) is 24.5 Å². The topological polar surface area (TPSA) is 165 Å². The van der Waals surface area contributed by atoms with Crippen molar-refractivity contribution < 1.29 is 62.1 Å². The van der Waals surface area contributed by atoms with Crippen LogP contribution in [0.15, 0.2) is 72.8 Å². The van der Waals surface area contributed by atoms with Gasteiger partial charge in [0.25, 0.3) is 0 Å². The Morgan fingerprint density at radius 1 is 0.818 bits per heavy atom. The van der Waals surface area contributed by atoms with Gasteiger partial charge in [-0.2, -0.15) is 0 Å². The van der Waals surface area contributed by atoms with Crippen LogP contribution in [0.5, 0.6) is 0 Å². The largest absolute Gasteiger partial charge is 1.00 e. The average molecular weight is 638 g/mol. The van der Waals surface area contributed by atoms with Gasteiger partial charge in [-0.15, -0.1) is 0 Å². The number of hydrogen-bond acceptors (Lipinski definition) is 7. The molecule has 0 aliphatic heterocycles. The summed E-state index contributed by atoms with van der Waals surface area (Å²) in [7, 11) is -4.43. The summed E-state index contributed by atoms with van der Waals surface area (Å²) in [5, 5.41) is 16.0. The third-order valence-corrected chi connectivity index (χ3v) is 7.08. The van der Waals surface area contributed by atoms with Crippen LogP contribution in [0.1, 0.15) is 44.7 Å². The van der Waals surface area contributed by atoms with E-state index in [1.165, 1.54) is 21.9 Å². The molecule has 0 fully saturated rings. The van der Waals surface area contributed by atoms with E-state index in [2.05, 4.69) is 79.1 Å². The molecule has 0 spiro atoms. The number of fused-ring (bicyclic) bond motifs is 1. The van der Waals surface area contributed by atoms with E-state index in [0.717, 1.165) is 0 Å². The molecular formula is C32H44N3NaO7S. The molecule has 44 heavy (non-hydrogen) atoms. The van der Waals surface area contributed by atoms with Gasteiger partial charge in [-0.3, -0.25) is 19.6 Å². The summed E-state index contributed by atoms with van der Waals surface area (Å²) in [6.07, 6.45) is 0.707. The zero-order valence-corrected chi connectivity index (χ0v) is 29.3.